The van der Waals surface area contributed by atoms with Gasteiger partial charge < -0.3 is 9.47 Å². The average molecular weight is 232 g/mol. The second-order valence-electron chi connectivity index (χ2n) is 3.30. The molecule has 1 heterocycles. The van der Waals surface area contributed by atoms with E-state index >= 15 is 0 Å². The van der Waals surface area contributed by atoms with Crippen LogP contribution in [0.3, 0.4) is 0 Å². The summed E-state index contributed by atoms with van der Waals surface area (Å²) < 4.78 is 9.95. The van der Waals surface area contributed by atoms with Gasteiger partial charge in [-0.15, -0.1) is 20.4 Å². The van der Waals surface area contributed by atoms with Crippen molar-refractivity contribution in [3.05, 3.63) is 30.1 Å². The molecule has 0 saturated heterocycles. The largest absolute Gasteiger partial charge is 0.497 e. The molecule has 0 atom stereocenters. The first kappa shape index (κ1) is 11.4. The van der Waals surface area contributed by atoms with Gasteiger partial charge in [-0.2, -0.15) is 0 Å². The van der Waals surface area contributed by atoms with Crippen LogP contribution in [-0.4, -0.2) is 34.6 Å². The summed E-state index contributed by atoms with van der Waals surface area (Å²) in [4.78, 5) is 0. The van der Waals surface area contributed by atoms with Crippen molar-refractivity contribution in [2.24, 2.45) is 0 Å². The van der Waals surface area contributed by atoms with Crippen molar-refractivity contribution in [2.75, 3.05) is 14.2 Å². The summed E-state index contributed by atoms with van der Waals surface area (Å²) in [7, 11) is 3.19. The summed E-state index contributed by atoms with van der Waals surface area (Å²) in [6.07, 6.45) is 0. The van der Waals surface area contributed by atoms with Crippen LogP contribution < -0.4 is 4.74 Å². The minimum Gasteiger partial charge on any atom is -0.497 e. The third-order valence-corrected chi connectivity index (χ3v) is 2.14. The lowest BCUT2D eigenvalue weighted by atomic mass is 10.2. The number of rotatable bonds is 4. The fraction of sp³-hybridized carbons (Fsp3) is 0.273. The predicted molar refractivity (Wildman–Crippen MR) is 60.3 cm³/mol. The molecule has 0 aliphatic heterocycles. The third kappa shape index (κ3) is 2.73. The van der Waals surface area contributed by atoms with Gasteiger partial charge in [0.2, 0.25) is 5.82 Å². The maximum absolute atomic E-state index is 5.07. The highest BCUT2D eigenvalue weighted by Gasteiger charge is 2.04. The maximum Gasteiger partial charge on any atom is 0.203 e. The van der Waals surface area contributed by atoms with E-state index in [-0.39, 0.29) is 0 Å². The van der Waals surface area contributed by atoms with E-state index in [9.17, 15) is 0 Å². The van der Waals surface area contributed by atoms with Crippen LogP contribution in [0.1, 0.15) is 5.82 Å². The lowest BCUT2D eigenvalue weighted by Crippen LogP contribution is -2.03. The first-order valence-electron chi connectivity index (χ1n) is 5.03. The molecular weight excluding hydrogens is 220 g/mol. The van der Waals surface area contributed by atoms with Crippen molar-refractivity contribution >= 4 is 0 Å². The Hall–Kier alpha value is -2.08. The molecule has 6 heteroatoms. The monoisotopic (exact) mass is 232 g/mol. The quantitative estimate of drug-likeness (QED) is 0.785. The molecule has 0 unspecified atom stereocenters. The number of ether oxygens (including phenoxy) is 2. The fourth-order valence-electron chi connectivity index (χ4n) is 1.29. The van der Waals surface area contributed by atoms with Crippen LogP contribution in [-0.2, 0) is 11.3 Å². The number of aromatic nitrogens is 4. The van der Waals surface area contributed by atoms with Crippen molar-refractivity contribution in [1.82, 2.24) is 20.4 Å². The minimum atomic E-state index is 0.308. The molecule has 0 amide bonds. The molecule has 0 aliphatic carbocycles. The Morgan fingerprint density at radius 3 is 2.12 bits per heavy atom. The zero-order valence-electron chi connectivity index (χ0n) is 9.62. The molecule has 17 heavy (non-hydrogen) atoms. The summed E-state index contributed by atoms with van der Waals surface area (Å²) in [5, 5.41) is 15.8. The highest BCUT2D eigenvalue weighted by atomic mass is 16.5. The van der Waals surface area contributed by atoms with Gasteiger partial charge in [0.25, 0.3) is 0 Å². The SMILES string of the molecule is COCc1nnc(-c2ccc(OC)cc2)nn1. The molecular formula is C11H12N4O2. The number of hydrogen-bond donors (Lipinski definition) is 0. The molecule has 0 bridgehead atoms. The topological polar surface area (TPSA) is 70.0 Å². The van der Waals surface area contributed by atoms with Crippen molar-refractivity contribution in [3.63, 3.8) is 0 Å². The molecule has 2 aromatic rings. The van der Waals surface area contributed by atoms with Crippen LogP contribution in [0, 0.1) is 0 Å². The van der Waals surface area contributed by atoms with E-state index in [1.54, 1.807) is 14.2 Å². The number of methoxy groups -OCH3 is 2. The number of hydrogen-bond acceptors (Lipinski definition) is 6. The van der Waals surface area contributed by atoms with E-state index in [0.29, 0.717) is 18.3 Å². The second kappa shape index (κ2) is 5.31. The molecule has 2 rings (SSSR count). The first-order chi connectivity index (χ1) is 8.33. The molecule has 1 aromatic carbocycles. The lowest BCUT2D eigenvalue weighted by molar-refractivity contribution is 0.175. The molecule has 6 nitrogen and oxygen atoms in total. The van der Waals surface area contributed by atoms with Gasteiger partial charge in [0, 0.05) is 12.7 Å². The Balaban J connectivity index is 2.20. The highest BCUT2D eigenvalue weighted by molar-refractivity contribution is 5.54. The smallest absolute Gasteiger partial charge is 0.203 e. The Labute approximate surface area is 98.6 Å². The fourth-order valence-corrected chi connectivity index (χ4v) is 1.29. The van der Waals surface area contributed by atoms with Crippen LogP contribution >= 0.6 is 0 Å². The van der Waals surface area contributed by atoms with Gasteiger partial charge in [0.1, 0.15) is 12.4 Å². The van der Waals surface area contributed by atoms with Gasteiger partial charge in [-0.3, -0.25) is 0 Å². The van der Waals surface area contributed by atoms with Crippen molar-refractivity contribution in [2.45, 2.75) is 6.61 Å². The molecule has 1 aromatic heterocycles. The lowest BCUT2D eigenvalue weighted by Gasteiger charge is -2.01. The molecule has 0 fully saturated rings. The highest BCUT2D eigenvalue weighted by Crippen LogP contribution is 2.17. The van der Waals surface area contributed by atoms with Gasteiger partial charge in [0.05, 0.1) is 7.11 Å². The van der Waals surface area contributed by atoms with Gasteiger partial charge in [-0.1, -0.05) is 0 Å². The first-order valence-corrected chi connectivity index (χ1v) is 5.03. The zero-order valence-corrected chi connectivity index (χ0v) is 9.62. The van der Waals surface area contributed by atoms with Crippen LogP contribution in [0.15, 0.2) is 24.3 Å². The van der Waals surface area contributed by atoms with E-state index < -0.39 is 0 Å². The normalized spacial score (nSPS) is 10.2. The predicted octanol–water partition coefficient (Wildman–Crippen LogP) is 1.09. The average Bonchev–Trinajstić information content (AvgIpc) is 2.40. The van der Waals surface area contributed by atoms with Crippen molar-refractivity contribution < 1.29 is 9.47 Å². The summed E-state index contributed by atoms with van der Waals surface area (Å²) in [6.45, 7) is 0.308. The third-order valence-electron chi connectivity index (χ3n) is 2.14. The van der Waals surface area contributed by atoms with Crippen molar-refractivity contribution in [3.8, 4) is 17.1 Å². The van der Waals surface area contributed by atoms with E-state index in [1.807, 2.05) is 24.3 Å². The summed E-state index contributed by atoms with van der Waals surface area (Å²) in [5.74, 6) is 1.72. The van der Waals surface area contributed by atoms with E-state index in [2.05, 4.69) is 20.4 Å². The summed E-state index contributed by atoms with van der Waals surface area (Å²) in [5.41, 5.74) is 0.842. The molecule has 88 valence electrons. The number of nitrogens with zero attached hydrogens (tertiary/aromatic N) is 4. The zero-order chi connectivity index (χ0) is 12.1. The second-order valence-corrected chi connectivity index (χ2v) is 3.30. The minimum absolute atomic E-state index is 0.308. The van der Waals surface area contributed by atoms with Crippen LogP contribution in [0.25, 0.3) is 11.4 Å². The Bertz CT molecular complexity index is 470. The van der Waals surface area contributed by atoms with Gasteiger partial charge in [0.15, 0.2) is 5.82 Å². The summed E-state index contributed by atoms with van der Waals surface area (Å²) >= 11 is 0. The Morgan fingerprint density at radius 2 is 1.59 bits per heavy atom. The molecule has 0 N–H and O–H groups in total. The van der Waals surface area contributed by atoms with Crippen LogP contribution in [0.5, 0.6) is 5.75 Å². The van der Waals surface area contributed by atoms with Gasteiger partial charge in [-0.25, -0.2) is 0 Å². The Morgan fingerprint density at radius 1 is 0.941 bits per heavy atom. The van der Waals surface area contributed by atoms with Crippen LogP contribution in [0.4, 0.5) is 0 Å². The van der Waals surface area contributed by atoms with E-state index in [0.717, 1.165) is 11.3 Å². The molecule has 0 saturated carbocycles. The summed E-state index contributed by atoms with van der Waals surface area (Å²) in [6, 6.07) is 7.38. The number of benzene rings is 1. The molecule has 0 aliphatic rings. The van der Waals surface area contributed by atoms with E-state index in [1.165, 1.54) is 0 Å². The standard InChI is InChI=1S/C11H12N4O2/c1-16-7-10-12-14-11(15-13-10)8-3-5-9(17-2)6-4-8/h3-6H,7H2,1-2H3. The van der Waals surface area contributed by atoms with Crippen molar-refractivity contribution in [1.29, 1.82) is 0 Å². The molecule has 0 radical (unpaired) electrons. The maximum atomic E-state index is 5.07. The van der Waals surface area contributed by atoms with E-state index in [4.69, 9.17) is 9.47 Å². The molecule has 0 spiro atoms. The van der Waals surface area contributed by atoms with Crippen LogP contribution in [0.2, 0.25) is 0 Å². The van der Waals surface area contributed by atoms with Gasteiger partial charge >= 0.3 is 0 Å². The Kier molecular flexibility index (Phi) is 3.56. The van der Waals surface area contributed by atoms with Gasteiger partial charge in [-0.05, 0) is 24.3 Å².